The highest BCUT2D eigenvalue weighted by atomic mass is 35.5. The molecule has 9 heteroatoms. The number of hydrogen-bond acceptors (Lipinski definition) is 4. The number of benzene rings is 2. The van der Waals surface area contributed by atoms with Crippen molar-refractivity contribution in [1.82, 2.24) is 15.2 Å². The number of halogens is 2. The number of aryl methyl sites for hydroxylation is 2. The predicted octanol–water partition coefficient (Wildman–Crippen LogP) is 7.27. The first-order valence-electron chi connectivity index (χ1n) is 12.2. The largest absolute Gasteiger partial charge is 0.459 e. The van der Waals surface area contributed by atoms with Crippen LogP contribution >= 0.6 is 35.4 Å². The molecule has 38 heavy (non-hydrogen) atoms. The molecule has 2 atom stereocenters. The Morgan fingerprint density at radius 3 is 2.74 bits per heavy atom. The quantitative estimate of drug-likeness (QED) is 0.230. The topological polar surface area (TPSA) is 70.4 Å². The van der Waals surface area contributed by atoms with Gasteiger partial charge in [0.25, 0.3) is 0 Å². The van der Waals surface area contributed by atoms with E-state index >= 15 is 0 Å². The Morgan fingerprint density at radius 1 is 1.11 bits per heavy atom. The lowest BCUT2D eigenvalue weighted by molar-refractivity contribution is -0.116. The van der Waals surface area contributed by atoms with Crippen LogP contribution in [0.25, 0.3) is 11.3 Å². The summed E-state index contributed by atoms with van der Waals surface area (Å²) in [6, 6.07) is 20.4. The van der Waals surface area contributed by atoms with Crippen molar-refractivity contribution >= 4 is 52.1 Å². The molecule has 2 aromatic heterocycles. The molecule has 0 saturated carbocycles. The van der Waals surface area contributed by atoms with Crippen molar-refractivity contribution in [3.05, 3.63) is 106 Å². The molecular weight excluding hydrogens is 539 g/mol. The molecule has 0 aliphatic carbocycles. The van der Waals surface area contributed by atoms with Crippen molar-refractivity contribution in [2.75, 3.05) is 11.9 Å². The summed E-state index contributed by atoms with van der Waals surface area (Å²) in [4.78, 5) is 19.5. The van der Waals surface area contributed by atoms with E-state index in [4.69, 9.17) is 39.8 Å². The Bertz CT molecular complexity index is 1490. The Morgan fingerprint density at radius 2 is 1.95 bits per heavy atom. The summed E-state index contributed by atoms with van der Waals surface area (Å²) >= 11 is 18.4. The molecule has 0 bridgehead atoms. The number of amides is 1. The molecule has 194 valence electrons. The summed E-state index contributed by atoms with van der Waals surface area (Å²) in [6.45, 7) is 4.37. The maximum Gasteiger partial charge on any atom is 0.226 e. The van der Waals surface area contributed by atoms with E-state index in [1.165, 1.54) is 0 Å². The summed E-state index contributed by atoms with van der Waals surface area (Å²) in [5.74, 6) is 1.18. The van der Waals surface area contributed by atoms with Crippen LogP contribution in [-0.4, -0.2) is 27.4 Å². The molecule has 0 spiro atoms. The second kappa shape index (κ2) is 11.2. The number of rotatable bonds is 7. The number of pyridine rings is 1. The first-order valence-corrected chi connectivity index (χ1v) is 13.4. The number of carbonyl (C=O) groups is 1. The SMILES string of the molecule is Cc1ccc(C)c(NC(=O)CCN2C(=S)N[C@@H](c3ccccn3)[C@H]2c2ccc(-c3cccc(Cl)c3Cl)o2)c1. The lowest BCUT2D eigenvalue weighted by Crippen LogP contribution is -2.32. The van der Waals surface area contributed by atoms with E-state index in [-0.39, 0.29) is 24.4 Å². The molecule has 1 aliphatic heterocycles. The number of nitrogens with one attached hydrogen (secondary N) is 2. The van der Waals surface area contributed by atoms with Gasteiger partial charge in [0.1, 0.15) is 17.6 Å². The molecule has 1 amide bonds. The van der Waals surface area contributed by atoms with Crippen LogP contribution in [-0.2, 0) is 4.79 Å². The minimum atomic E-state index is -0.322. The van der Waals surface area contributed by atoms with Crippen molar-refractivity contribution in [3.63, 3.8) is 0 Å². The number of nitrogens with zero attached hydrogens (tertiary/aromatic N) is 2. The first-order chi connectivity index (χ1) is 18.3. The number of furan rings is 1. The zero-order valence-electron chi connectivity index (χ0n) is 20.9. The highest BCUT2D eigenvalue weighted by Crippen LogP contribution is 2.42. The Balaban J connectivity index is 1.42. The van der Waals surface area contributed by atoms with Gasteiger partial charge in [-0.15, -0.1) is 0 Å². The van der Waals surface area contributed by atoms with Gasteiger partial charge >= 0.3 is 0 Å². The van der Waals surface area contributed by atoms with Crippen molar-refractivity contribution < 1.29 is 9.21 Å². The Hall–Kier alpha value is -3.39. The van der Waals surface area contributed by atoms with E-state index in [9.17, 15) is 4.79 Å². The minimum Gasteiger partial charge on any atom is -0.459 e. The molecule has 1 aliphatic rings. The van der Waals surface area contributed by atoms with Gasteiger partial charge in [-0.1, -0.05) is 47.5 Å². The third-order valence-corrected chi connectivity index (χ3v) is 7.75. The molecule has 4 aromatic rings. The molecule has 0 radical (unpaired) electrons. The third-order valence-electron chi connectivity index (χ3n) is 6.58. The zero-order valence-corrected chi connectivity index (χ0v) is 23.2. The molecule has 2 aromatic carbocycles. The molecule has 2 N–H and O–H groups in total. The van der Waals surface area contributed by atoms with Crippen LogP contribution in [0.3, 0.4) is 0 Å². The summed E-state index contributed by atoms with van der Waals surface area (Å²) in [5, 5.41) is 7.83. The normalized spacial score (nSPS) is 16.9. The van der Waals surface area contributed by atoms with Crippen LogP contribution in [0, 0.1) is 13.8 Å². The van der Waals surface area contributed by atoms with E-state index < -0.39 is 0 Å². The average Bonchev–Trinajstić information content (AvgIpc) is 3.51. The van der Waals surface area contributed by atoms with Crippen LogP contribution in [0.5, 0.6) is 0 Å². The summed E-state index contributed by atoms with van der Waals surface area (Å²) in [6.07, 6.45) is 1.99. The van der Waals surface area contributed by atoms with Crippen molar-refractivity contribution in [2.24, 2.45) is 0 Å². The smallest absolute Gasteiger partial charge is 0.226 e. The fourth-order valence-corrected chi connectivity index (χ4v) is 5.34. The van der Waals surface area contributed by atoms with Crippen molar-refractivity contribution in [1.29, 1.82) is 0 Å². The van der Waals surface area contributed by atoms with Crippen LogP contribution in [0.4, 0.5) is 5.69 Å². The van der Waals surface area contributed by atoms with Gasteiger partial charge in [0.15, 0.2) is 5.11 Å². The number of aromatic nitrogens is 1. The van der Waals surface area contributed by atoms with Crippen LogP contribution < -0.4 is 10.6 Å². The number of thiocarbonyl (C=S) groups is 1. The van der Waals surface area contributed by atoms with E-state index in [1.54, 1.807) is 12.3 Å². The zero-order chi connectivity index (χ0) is 26.8. The summed E-state index contributed by atoms with van der Waals surface area (Å²) in [5.41, 5.74) is 4.43. The highest BCUT2D eigenvalue weighted by molar-refractivity contribution is 7.80. The van der Waals surface area contributed by atoms with Gasteiger partial charge in [0.2, 0.25) is 5.91 Å². The monoisotopic (exact) mass is 564 g/mol. The molecule has 0 unspecified atom stereocenters. The van der Waals surface area contributed by atoms with Gasteiger partial charge in [-0.05, 0) is 79.7 Å². The average molecular weight is 566 g/mol. The van der Waals surface area contributed by atoms with Crippen LogP contribution in [0.15, 0.2) is 77.3 Å². The second-order valence-electron chi connectivity index (χ2n) is 9.24. The van der Waals surface area contributed by atoms with Gasteiger partial charge in [0.05, 0.1) is 21.8 Å². The predicted molar refractivity (Wildman–Crippen MR) is 155 cm³/mol. The maximum absolute atomic E-state index is 12.9. The van der Waals surface area contributed by atoms with Gasteiger partial charge in [-0.2, -0.15) is 0 Å². The first kappa shape index (κ1) is 26.2. The Kier molecular flexibility index (Phi) is 7.70. The third kappa shape index (κ3) is 5.41. The lowest BCUT2D eigenvalue weighted by Gasteiger charge is -2.26. The molecule has 1 fully saturated rings. The molecule has 5 rings (SSSR count). The number of carbonyl (C=O) groups excluding carboxylic acids is 1. The summed E-state index contributed by atoms with van der Waals surface area (Å²) in [7, 11) is 0. The van der Waals surface area contributed by atoms with E-state index in [2.05, 4.69) is 15.6 Å². The van der Waals surface area contributed by atoms with Gasteiger partial charge in [-0.25, -0.2) is 0 Å². The van der Waals surface area contributed by atoms with Gasteiger partial charge in [-0.3, -0.25) is 9.78 Å². The number of hydrogen-bond donors (Lipinski definition) is 2. The van der Waals surface area contributed by atoms with Crippen molar-refractivity contribution in [2.45, 2.75) is 32.4 Å². The molecule has 3 heterocycles. The number of anilines is 1. The van der Waals surface area contributed by atoms with Gasteiger partial charge < -0.3 is 20.0 Å². The Labute approximate surface area is 237 Å². The molecule has 1 saturated heterocycles. The highest BCUT2D eigenvalue weighted by Gasteiger charge is 2.41. The fourth-order valence-electron chi connectivity index (χ4n) is 4.61. The molecule has 6 nitrogen and oxygen atoms in total. The van der Waals surface area contributed by atoms with E-state index in [0.717, 1.165) is 22.5 Å². The van der Waals surface area contributed by atoms with E-state index in [0.29, 0.717) is 38.8 Å². The van der Waals surface area contributed by atoms with Crippen molar-refractivity contribution in [3.8, 4) is 11.3 Å². The van der Waals surface area contributed by atoms with E-state index in [1.807, 2.05) is 79.4 Å². The summed E-state index contributed by atoms with van der Waals surface area (Å²) < 4.78 is 6.34. The molecular formula is C29H26Cl2N4O2S. The van der Waals surface area contributed by atoms with Gasteiger partial charge in [0, 0.05) is 30.4 Å². The maximum atomic E-state index is 12.9. The van der Waals surface area contributed by atoms with Crippen LogP contribution in [0.2, 0.25) is 10.0 Å². The van der Waals surface area contributed by atoms with Crippen LogP contribution in [0.1, 0.15) is 41.1 Å². The standard InChI is InChI=1S/C29H26Cl2N4O2S/c1-17-9-10-18(2)22(16-17)33-25(36)13-15-35-28(27(34-29(35)38)21-8-3-4-14-32-21)24-12-11-23(37-24)19-6-5-7-20(30)26(19)31/h3-12,14,16,27-28H,13,15H2,1-2H3,(H,33,36)(H,34,38)/t27-,28+/m0/s1. The fraction of sp³-hybridized carbons (Fsp3) is 0.207. The second-order valence-corrected chi connectivity index (χ2v) is 10.4. The minimum absolute atomic E-state index is 0.0904. The lowest BCUT2D eigenvalue weighted by atomic mass is 10.0.